The minimum absolute atomic E-state index is 0.146. The number of nitrogens with zero attached hydrogens (tertiary/aromatic N) is 1. The first-order chi connectivity index (χ1) is 11.0. The van der Waals surface area contributed by atoms with E-state index in [1.807, 2.05) is 0 Å². The standard InChI is InChI=1S/C17H20N2O4/c1-3-10-23-17(20)14-11-13(19(21)22)8-9-16(14)18-15-7-5-4-6-12(15)2/h1,8-9,11-12,15,18H,4-7,10H2,2H3. The first-order valence-corrected chi connectivity index (χ1v) is 7.68. The number of nitrogens with one attached hydrogen (secondary N) is 1. The van der Waals surface area contributed by atoms with Crippen LogP contribution in [0.4, 0.5) is 11.4 Å². The molecule has 1 aliphatic rings. The van der Waals surface area contributed by atoms with Crippen molar-refractivity contribution in [2.45, 2.75) is 38.6 Å². The molecule has 1 aromatic rings. The summed E-state index contributed by atoms with van der Waals surface area (Å²) in [7, 11) is 0. The van der Waals surface area contributed by atoms with Gasteiger partial charge in [0.1, 0.15) is 0 Å². The molecule has 2 unspecified atom stereocenters. The quantitative estimate of drug-likeness (QED) is 0.390. The fraction of sp³-hybridized carbons (Fsp3) is 0.471. The summed E-state index contributed by atoms with van der Waals surface area (Å²) in [5, 5.41) is 14.3. The first-order valence-electron chi connectivity index (χ1n) is 7.68. The molecule has 0 bridgehead atoms. The molecule has 122 valence electrons. The van der Waals surface area contributed by atoms with E-state index >= 15 is 0 Å². The Balaban J connectivity index is 2.27. The summed E-state index contributed by atoms with van der Waals surface area (Å²) in [5.74, 6) is 2.04. The maximum atomic E-state index is 12.1. The number of terminal acetylenes is 1. The van der Waals surface area contributed by atoms with Crippen molar-refractivity contribution in [2.75, 3.05) is 11.9 Å². The highest BCUT2D eigenvalue weighted by Crippen LogP contribution is 2.30. The predicted molar refractivity (Wildman–Crippen MR) is 87.3 cm³/mol. The number of nitro groups is 1. The predicted octanol–water partition coefficient (Wildman–Crippen LogP) is 3.38. The molecule has 6 nitrogen and oxygen atoms in total. The van der Waals surface area contributed by atoms with Gasteiger partial charge in [0.25, 0.3) is 5.69 Å². The molecular weight excluding hydrogens is 296 g/mol. The summed E-state index contributed by atoms with van der Waals surface area (Å²) >= 11 is 0. The molecule has 2 atom stereocenters. The zero-order valence-electron chi connectivity index (χ0n) is 13.1. The summed E-state index contributed by atoms with van der Waals surface area (Å²) in [6.07, 6.45) is 9.56. The molecule has 1 fully saturated rings. The Hall–Kier alpha value is -2.55. The lowest BCUT2D eigenvalue weighted by molar-refractivity contribution is -0.384. The highest BCUT2D eigenvalue weighted by atomic mass is 16.6. The number of esters is 1. The molecule has 23 heavy (non-hydrogen) atoms. The number of hydrogen-bond donors (Lipinski definition) is 1. The monoisotopic (exact) mass is 316 g/mol. The number of anilines is 1. The smallest absolute Gasteiger partial charge is 0.341 e. The lowest BCUT2D eigenvalue weighted by Crippen LogP contribution is -2.31. The molecule has 1 aliphatic carbocycles. The molecule has 1 aromatic carbocycles. The van der Waals surface area contributed by atoms with Gasteiger partial charge in [-0.1, -0.05) is 25.7 Å². The Labute approximate surface area is 135 Å². The van der Waals surface area contributed by atoms with Crippen molar-refractivity contribution in [2.24, 2.45) is 5.92 Å². The molecular formula is C17H20N2O4. The van der Waals surface area contributed by atoms with E-state index in [-0.39, 0.29) is 23.9 Å². The Morgan fingerprint density at radius 2 is 2.22 bits per heavy atom. The second kappa shape index (κ2) is 7.63. The highest BCUT2D eigenvalue weighted by Gasteiger charge is 2.24. The maximum absolute atomic E-state index is 12.1. The number of hydrogen-bond acceptors (Lipinski definition) is 5. The van der Waals surface area contributed by atoms with Crippen LogP contribution < -0.4 is 5.32 Å². The minimum atomic E-state index is -0.655. The molecule has 0 radical (unpaired) electrons. The van der Waals surface area contributed by atoms with Crippen molar-refractivity contribution in [3.8, 4) is 12.3 Å². The van der Waals surface area contributed by atoms with E-state index in [0.717, 1.165) is 19.3 Å². The summed E-state index contributed by atoms with van der Waals surface area (Å²) in [6.45, 7) is 2.00. The van der Waals surface area contributed by atoms with Gasteiger partial charge in [0.05, 0.1) is 10.5 Å². The first kappa shape index (κ1) is 16.8. The molecule has 0 amide bonds. The van der Waals surface area contributed by atoms with Crippen molar-refractivity contribution < 1.29 is 14.5 Å². The molecule has 0 aliphatic heterocycles. The maximum Gasteiger partial charge on any atom is 0.341 e. The van der Waals surface area contributed by atoms with Crippen LogP contribution in [0.1, 0.15) is 43.0 Å². The third-order valence-electron chi connectivity index (χ3n) is 4.17. The van der Waals surface area contributed by atoms with Crippen LogP contribution in [0.5, 0.6) is 0 Å². The van der Waals surface area contributed by atoms with Gasteiger partial charge in [0.15, 0.2) is 6.61 Å². The fourth-order valence-corrected chi connectivity index (χ4v) is 2.86. The van der Waals surface area contributed by atoms with Crippen molar-refractivity contribution in [1.29, 1.82) is 0 Å². The van der Waals surface area contributed by atoms with E-state index in [1.165, 1.54) is 18.6 Å². The van der Waals surface area contributed by atoms with Gasteiger partial charge in [0.2, 0.25) is 0 Å². The topological polar surface area (TPSA) is 81.5 Å². The van der Waals surface area contributed by atoms with Crippen molar-refractivity contribution >= 4 is 17.3 Å². The van der Waals surface area contributed by atoms with Crippen LogP contribution in [-0.4, -0.2) is 23.5 Å². The van der Waals surface area contributed by atoms with E-state index in [9.17, 15) is 14.9 Å². The fourth-order valence-electron chi connectivity index (χ4n) is 2.86. The van der Waals surface area contributed by atoms with Crippen LogP contribution in [-0.2, 0) is 4.74 Å². The molecule has 6 heteroatoms. The highest BCUT2D eigenvalue weighted by molar-refractivity contribution is 5.96. The van der Waals surface area contributed by atoms with E-state index in [2.05, 4.69) is 18.2 Å². The molecule has 1 saturated carbocycles. The molecule has 0 saturated heterocycles. The zero-order valence-corrected chi connectivity index (χ0v) is 13.1. The lowest BCUT2D eigenvalue weighted by Gasteiger charge is -2.30. The van der Waals surface area contributed by atoms with Crippen LogP contribution in [0, 0.1) is 28.4 Å². The average Bonchev–Trinajstić information content (AvgIpc) is 2.54. The molecule has 0 spiro atoms. The van der Waals surface area contributed by atoms with Gasteiger partial charge in [-0.25, -0.2) is 4.79 Å². The van der Waals surface area contributed by atoms with Crippen LogP contribution >= 0.6 is 0 Å². The largest absolute Gasteiger partial charge is 0.449 e. The zero-order chi connectivity index (χ0) is 16.8. The summed E-state index contributed by atoms with van der Waals surface area (Å²) < 4.78 is 4.93. The lowest BCUT2D eigenvalue weighted by atomic mass is 9.85. The normalized spacial score (nSPS) is 20.3. The molecule has 0 heterocycles. The van der Waals surface area contributed by atoms with Crippen LogP contribution in [0.25, 0.3) is 0 Å². The molecule has 2 rings (SSSR count). The van der Waals surface area contributed by atoms with Gasteiger partial charge in [-0.15, -0.1) is 6.42 Å². The summed E-state index contributed by atoms with van der Waals surface area (Å²) in [5.41, 5.74) is 0.545. The van der Waals surface area contributed by atoms with E-state index < -0.39 is 10.9 Å². The second-order valence-corrected chi connectivity index (χ2v) is 5.78. The van der Waals surface area contributed by atoms with Gasteiger partial charge >= 0.3 is 5.97 Å². The third kappa shape index (κ3) is 4.22. The Morgan fingerprint density at radius 1 is 1.48 bits per heavy atom. The number of benzene rings is 1. The summed E-state index contributed by atoms with van der Waals surface area (Å²) in [6, 6.07) is 4.42. The number of non-ortho nitro benzene ring substituents is 1. The number of carbonyl (C=O) groups is 1. The van der Waals surface area contributed by atoms with E-state index in [4.69, 9.17) is 11.2 Å². The van der Waals surface area contributed by atoms with E-state index in [0.29, 0.717) is 11.6 Å². The Bertz CT molecular complexity index is 636. The van der Waals surface area contributed by atoms with Gasteiger partial charge in [-0.05, 0) is 24.8 Å². The van der Waals surface area contributed by atoms with Gasteiger partial charge in [-0.3, -0.25) is 10.1 Å². The van der Waals surface area contributed by atoms with Gasteiger partial charge in [-0.2, -0.15) is 0 Å². The van der Waals surface area contributed by atoms with E-state index in [1.54, 1.807) is 6.07 Å². The Kier molecular flexibility index (Phi) is 5.58. The van der Waals surface area contributed by atoms with Crippen molar-refractivity contribution in [1.82, 2.24) is 0 Å². The SMILES string of the molecule is C#CCOC(=O)c1cc([N+](=O)[O-])ccc1NC1CCCCC1C. The second-order valence-electron chi connectivity index (χ2n) is 5.78. The Morgan fingerprint density at radius 3 is 2.87 bits per heavy atom. The third-order valence-corrected chi connectivity index (χ3v) is 4.17. The minimum Gasteiger partial charge on any atom is -0.449 e. The summed E-state index contributed by atoms with van der Waals surface area (Å²) in [4.78, 5) is 22.5. The average molecular weight is 316 g/mol. The van der Waals surface area contributed by atoms with Crippen LogP contribution in [0.15, 0.2) is 18.2 Å². The molecule has 1 N–H and O–H groups in total. The number of ether oxygens (including phenoxy) is 1. The van der Waals surface area contributed by atoms with Crippen LogP contribution in [0.2, 0.25) is 0 Å². The number of carbonyl (C=O) groups excluding carboxylic acids is 1. The van der Waals surface area contributed by atoms with Crippen molar-refractivity contribution in [3.63, 3.8) is 0 Å². The molecule has 0 aromatic heterocycles. The van der Waals surface area contributed by atoms with Gasteiger partial charge < -0.3 is 10.1 Å². The number of nitro benzene ring substituents is 1. The van der Waals surface area contributed by atoms with Crippen LogP contribution in [0.3, 0.4) is 0 Å². The number of rotatable bonds is 5. The van der Waals surface area contributed by atoms with Crippen molar-refractivity contribution in [3.05, 3.63) is 33.9 Å². The van der Waals surface area contributed by atoms with Gasteiger partial charge in [0, 0.05) is 23.9 Å².